The number of carboxylic acid groups (broad SMARTS) is 1. The maximum absolute atomic E-state index is 11.2. The van der Waals surface area contributed by atoms with Crippen molar-refractivity contribution in [2.24, 2.45) is 11.8 Å². The Morgan fingerprint density at radius 2 is 1.88 bits per heavy atom. The van der Waals surface area contributed by atoms with E-state index in [-0.39, 0.29) is 11.7 Å². The van der Waals surface area contributed by atoms with Crippen LogP contribution in [0.1, 0.15) is 31.4 Å². The highest BCUT2D eigenvalue weighted by molar-refractivity contribution is 7.46. The van der Waals surface area contributed by atoms with Crippen LogP contribution in [0.5, 0.6) is 5.75 Å². The molecule has 3 N–H and O–H groups in total. The Bertz CT molecular complexity index is 651. The molecule has 9 heteroatoms. The zero-order valence-corrected chi connectivity index (χ0v) is 14.5. The highest BCUT2D eigenvalue weighted by Crippen LogP contribution is 2.36. The Morgan fingerprint density at radius 1 is 1.25 bits per heavy atom. The number of carbonyl (C=O) groups excluding carboxylic acids is 1. The van der Waals surface area contributed by atoms with Crippen molar-refractivity contribution in [3.8, 4) is 5.75 Å². The van der Waals surface area contributed by atoms with Gasteiger partial charge in [-0.25, -0.2) is 9.36 Å². The lowest BCUT2D eigenvalue weighted by atomic mass is 9.91. The Morgan fingerprint density at radius 3 is 2.38 bits per heavy atom. The molecule has 1 aromatic carbocycles. The maximum atomic E-state index is 11.2. The number of aryl methyl sites for hydroxylation is 1. The summed E-state index contributed by atoms with van der Waals surface area (Å²) < 4.78 is 19.1. The van der Waals surface area contributed by atoms with Crippen molar-refractivity contribution >= 4 is 19.9 Å². The van der Waals surface area contributed by atoms with Gasteiger partial charge in [0.2, 0.25) is 0 Å². The van der Waals surface area contributed by atoms with E-state index in [9.17, 15) is 14.2 Å². The fourth-order valence-corrected chi connectivity index (χ4v) is 2.58. The topological polar surface area (TPSA) is 130 Å². The minimum absolute atomic E-state index is 0.128. The highest BCUT2D eigenvalue weighted by Gasteiger charge is 2.23. The van der Waals surface area contributed by atoms with E-state index in [4.69, 9.17) is 19.6 Å². The Balaban J connectivity index is 2.69. The summed E-state index contributed by atoms with van der Waals surface area (Å²) in [5, 5.41) is 8.93. The fraction of sp³-hybridized carbons (Fsp3) is 0.467. The number of phosphoric ester groups is 1. The van der Waals surface area contributed by atoms with E-state index in [0.29, 0.717) is 18.4 Å². The molecule has 8 nitrogen and oxygen atoms in total. The molecular weight excluding hydrogens is 339 g/mol. The van der Waals surface area contributed by atoms with Crippen molar-refractivity contribution in [1.82, 2.24) is 0 Å². The van der Waals surface area contributed by atoms with Crippen LogP contribution in [0.2, 0.25) is 0 Å². The molecule has 0 saturated heterocycles. The van der Waals surface area contributed by atoms with Gasteiger partial charge in [-0.2, -0.15) is 0 Å². The second kappa shape index (κ2) is 8.28. The van der Waals surface area contributed by atoms with Crippen LogP contribution >= 0.6 is 7.82 Å². The lowest BCUT2D eigenvalue weighted by Gasteiger charge is -2.15. The number of benzene rings is 1. The van der Waals surface area contributed by atoms with Crippen molar-refractivity contribution < 1.29 is 38.3 Å². The predicted octanol–water partition coefficient (Wildman–Crippen LogP) is 2.89. The van der Waals surface area contributed by atoms with Gasteiger partial charge in [0.05, 0.1) is 5.92 Å². The monoisotopic (exact) mass is 360 g/mol. The molecule has 0 fully saturated rings. The van der Waals surface area contributed by atoms with Gasteiger partial charge in [0.1, 0.15) is 5.75 Å². The van der Waals surface area contributed by atoms with Crippen LogP contribution in [0.3, 0.4) is 0 Å². The number of hydrogen-bond acceptors (Lipinski definition) is 5. The van der Waals surface area contributed by atoms with Crippen LogP contribution in [0.15, 0.2) is 18.2 Å². The molecule has 0 aliphatic heterocycles. The molecule has 0 aliphatic rings. The van der Waals surface area contributed by atoms with E-state index in [2.05, 4.69) is 4.52 Å². The van der Waals surface area contributed by atoms with Crippen molar-refractivity contribution in [2.45, 2.75) is 33.6 Å². The molecule has 1 unspecified atom stereocenters. The zero-order chi connectivity index (χ0) is 18.5. The molecule has 1 aromatic rings. The molecule has 2 atom stereocenters. The van der Waals surface area contributed by atoms with Crippen LogP contribution in [0.25, 0.3) is 0 Å². The second-order valence-electron chi connectivity index (χ2n) is 5.82. The number of ether oxygens (including phenoxy) is 1. The first-order valence-electron chi connectivity index (χ1n) is 7.27. The second-order valence-corrected chi connectivity index (χ2v) is 6.98. The van der Waals surface area contributed by atoms with Crippen LogP contribution in [0.4, 0.5) is 4.79 Å². The largest absolute Gasteiger partial charge is 0.529 e. The lowest BCUT2D eigenvalue weighted by Crippen LogP contribution is -2.14. The van der Waals surface area contributed by atoms with Crippen molar-refractivity contribution in [1.29, 1.82) is 0 Å². The molecule has 0 aliphatic carbocycles. The number of carboxylic acids is 1. The molecule has 0 bridgehead atoms. The Kier molecular flexibility index (Phi) is 6.95. The van der Waals surface area contributed by atoms with Gasteiger partial charge >= 0.3 is 19.9 Å². The zero-order valence-electron chi connectivity index (χ0n) is 13.6. The predicted molar refractivity (Wildman–Crippen MR) is 84.6 cm³/mol. The number of carbonyl (C=O) groups is 2. The summed E-state index contributed by atoms with van der Waals surface area (Å²) in [7, 11) is -4.95. The van der Waals surface area contributed by atoms with Gasteiger partial charge in [-0.3, -0.25) is 14.6 Å². The molecule has 0 aromatic heterocycles. The average Bonchev–Trinajstić information content (AvgIpc) is 2.39. The minimum Gasteiger partial charge on any atom is -0.481 e. The quantitative estimate of drug-likeness (QED) is 0.384. The molecular formula is C15H21O8P. The van der Waals surface area contributed by atoms with Crippen LogP contribution in [-0.4, -0.2) is 27.0 Å². The van der Waals surface area contributed by atoms with Gasteiger partial charge in [0.25, 0.3) is 0 Å². The Labute approximate surface area is 139 Å². The van der Waals surface area contributed by atoms with E-state index in [1.54, 1.807) is 26.0 Å². The first kappa shape index (κ1) is 20.2. The van der Waals surface area contributed by atoms with E-state index >= 15 is 0 Å². The van der Waals surface area contributed by atoms with Gasteiger partial charge in [-0.1, -0.05) is 26.0 Å². The van der Waals surface area contributed by atoms with Gasteiger partial charge < -0.3 is 14.4 Å². The summed E-state index contributed by atoms with van der Waals surface area (Å²) in [5.41, 5.74) is 1.53. The lowest BCUT2D eigenvalue weighted by molar-refractivity contribution is -0.141. The summed E-state index contributed by atoms with van der Waals surface area (Å²) in [5.74, 6) is -0.970. The van der Waals surface area contributed by atoms with E-state index in [1.165, 1.54) is 6.07 Å². The SMILES string of the molecule is Cc1cc(C[C@H](C)CC(C)C(=O)O)ccc1OC(=O)OP(=O)(O)O. The molecule has 0 radical (unpaired) electrons. The summed E-state index contributed by atoms with van der Waals surface area (Å²) in [6.07, 6.45) is -0.282. The minimum atomic E-state index is -4.95. The van der Waals surface area contributed by atoms with Crippen molar-refractivity contribution in [2.75, 3.05) is 0 Å². The number of aliphatic carboxylic acids is 1. The van der Waals surface area contributed by atoms with E-state index < -0.39 is 25.9 Å². The van der Waals surface area contributed by atoms with Crippen LogP contribution in [-0.2, 0) is 20.3 Å². The normalized spacial score (nSPS) is 13.9. The number of phosphoric acid groups is 1. The van der Waals surface area contributed by atoms with Gasteiger partial charge in [0, 0.05) is 0 Å². The number of hydrogen-bond donors (Lipinski definition) is 3. The first-order valence-corrected chi connectivity index (χ1v) is 8.80. The smallest absolute Gasteiger partial charge is 0.481 e. The number of rotatable bonds is 7. The Hall–Kier alpha value is -1.89. The molecule has 0 heterocycles. The van der Waals surface area contributed by atoms with Crippen LogP contribution < -0.4 is 4.74 Å². The fourth-order valence-electron chi connectivity index (χ4n) is 2.35. The van der Waals surface area contributed by atoms with Gasteiger partial charge in [-0.15, -0.1) is 0 Å². The van der Waals surface area contributed by atoms with E-state index in [1.807, 2.05) is 6.92 Å². The summed E-state index contributed by atoms with van der Waals surface area (Å²) in [6, 6.07) is 4.97. The average molecular weight is 360 g/mol. The summed E-state index contributed by atoms with van der Waals surface area (Å²) in [4.78, 5) is 39.2. The van der Waals surface area contributed by atoms with E-state index in [0.717, 1.165) is 5.56 Å². The summed E-state index contributed by atoms with van der Waals surface area (Å²) >= 11 is 0. The molecule has 1 rings (SSSR count). The van der Waals surface area contributed by atoms with Crippen molar-refractivity contribution in [3.05, 3.63) is 29.3 Å². The molecule has 0 saturated carbocycles. The third-order valence-electron chi connectivity index (χ3n) is 3.39. The highest BCUT2D eigenvalue weighted by atomic mass is 31.2. The maximum Gasteiger partial charge on any atom is 0.529 e. The van der Waals surface area contributed by atoms with Crippen molar-refractivity contribution in [3.63, 3.8) is 0 Å². The van der Waals surface area contributed by atoms with Gasteiger partial charge in [-0.05, 0) is 42.9 Å². The standard InChI is InChI=1S/C15H21O8P/c1-9(6-11(3)14(16)17)7-12-4-5-13(10(2)8-12)22-15(18)23-24(19,20)21/h4-5,8-9,11H,6-7H2,1-3H3,(H,16,17)(H2,19,20,21)/t9-,11?/m1/s1. The third kappa shape index (κ3) is 7.12. The summed E-state index contributed by atoms with van der Waals surface area (Å²) in [6.45, 7) is 5.29. The molecule has 0 amide bonds. The molecule has 0 spiro atoms. The third-order valence-corrected chi connectivity index (χ3v) is 3.77. The molecule has 24 heavy (non-hydrogen) atoms. The first-order chi connectivity index (χ1) is 11.0. The van der Waals surface area contributed by atoms with Gasteiger partial charge in [0.15, 0.2) is 0 Å². The molecule has 134 valence electrons. The van der Waals surface area contributed by atoms with Crippen LogP contribution in [0, 0.1) is 18.8 Å².